The van der Waals surface area contributed by atoms with E-state index in [1.165, 1.54) is 6.07 Å². The second-order valence-electron chi connectivity index (χ2n) is 8.03. The summed E-state index contributed by atoms with van der Waals surface area (Å²) >= 11 is 12.3. The van der Waals surface area contributed by atoms with E-state index in [1.807, 2.05) is 0 Å². The first-order valence-electron chi connectivity index (χ1n) is 10.6. The van der Waals surface area contributed by atoms with Crippen LogP contribution in [0.4, 0.5) is 8.78 Å². The van der Waals surface area contributed by atoms with Gasteiger partial charge in [-0.25, -0.2) is 0 Å². The summed E-state index contributed by atoms with van der Waals surface area (Å²) in [5, 5.41) is 3.77. The largest absolute Gasteiger partial charge is 0.489 e. The Morgan fingerprint density at radius 1 is 1.25 bits per heavy atom. The number of allylic oxidation sites excluding steroid dienone is 2. The highest BCUT2D eigenvalue weighted by atomic mass is 35.5. The van der Waals surface area contributed by atoms with Crippen LogP contribution in [0.3, 0.4) is 0 Å². The van der Waals surface area contributed by atoms with Crippen molar-refractivity contribution in [2.45, 2.75) is 57.8 Å². The molecule has 1 aliphatic heterocycles. The minimum absolute atomic E-state index is 0.0713. The van der Waals surface area contributed by atoms with Crippen molar-refractivity contribution < 1.29 is 27.8 Å². The summed E-state index contributed by atoms with van der Waals surface area (Å²) in [5.41, 5.74) is 1.09. The Morgan fingerprint density at radius 3 is 2.56 bits per heavy atom. The molecule has 0 aromatic heterocycles. The van der Waals surface area contributed by atoms with Crippen molar-refractivity contribution in [3.63, 3.8) is 0 Å². The first-order valence-corrected chi connectivity index (χ1v) is 11.4. The van der Waals surface area contributed by atoms with E-state index in [4.69, 9.17) is 32.7 Å². The molecule has 3 rings (SSSR count). The van der Waals surface area contributed by atoms with Gasteiger partial charge in [0, 0.05) is 16.5 Å². The lowest BCUT2D eigenvalue weighted by Gasteiger charge is -2.23. The van der Waals surface area contributed by atoms with E-state index >= 15 is 0 Å². The fraction of sp³-hybridized carbons (Fsp3) is 0.522. The number of halogens is 4. The summed E-state index contributed by atoms with van der Waals surface area (Å²) in [6.45, 7) is 3.58. The quantitative estimate of drug-likeness (QED) is 0.302. The van der Waals surface area contributed by atoms with E-state index in [2.05, 4.69) is 16.6 Å². The number of rotatable bonds is 11. The van der Waals surface area contributed by atoms with Crippen LogP contribution < -0.4 is 14.8 Å². The number of nitrogens with one attached hydrogen (secondary N) is 1. The van der Waals surface area contributed by atoms with Crippen LogP contribution in [0.1, 0.15) is 50.7 Å². The molecule has 0 amide bonds. The third kappa shape index (κ3) is 7.09. The maximum absolute atomic E-state index is 12.9. The number of ether oxygens (including phenoxy) is 3. The lowest BCUT2D eigenvalue weighted by Crippen LogP contribution is -2.33. The molecule has 2 aliphatic rings. The average molecular weight is 490 g/mol. The maximum atomic E-state index is 12.9. The Hall–Kier alpha value is -1.83. The van der Waals surface area contributed by atoms with Crippen LogP contribution in [-0.2, 0) is 9.53 Å². The van der Waals surface area contributed by atoms with Crippen LogP contribution in [0.2, 0.25) is 0 Å². The molecule has 0 spiro atoms. The molecule has 1 heterocycles. The monoisotopic (exact) mass is 489 g/mol. The second kappa shape index (κ2) is 11.3. The molecule has 1 aliphatic carbocycles. The van der Waals surface area contributed by atoms with Gasteiger partial charge in [0.1, 0.15) is 12.1 Å². The molecule has 5 nitrogen and oxygen atoms in total. The van der Waals surface area contributed by atoms with Crippen molar-refractivity contribution in [3.05, 3.63) is 46.0 Å². The Balaban J connectivity index is 1.89. The SMILES string of the molecule is C=C(Cl)/C(C[C@H](OC(=O)[C@@H]1CCCN1)c1ccc(OC(F)F)c(OCC2CC2)c1)=C(\C)Cl. The molecule has 1 saturated carbocycles. The summed E-state index contributed by atoms with van der Waals surface area (Å²) in [7, 11) is 0. The zero-order valence-corrected chi connectivity index (χ0v) is 19.4. The minimum Gasteiger partial charge on any atom is -0.489 e. The van der Waals surface area contributed by atoms with E-state index in [-0.39, 0.29) is 23.0 Å². The number of benzene rings is 1. The zero-order valence-electron chi connectivity index (χ0n) is 17.8. The predicted molar refractivity (Wildman–Crippen MR) is 119 cm³/mol. The van der Waals surface area contributed by atoms with Crippen LogP contribution in [0.15, 0.2) is 40.4 Å². The molecular weight excluding hydrogens is 463 g/mol. The molecular formula is C23H27Cl2F2NO4. The number of hydrogen-bond donors (Lipinski definition) is 1. The standard InChI is InChI=1S/C23H27Cl2F2NO4/c1-13(24)17(14(2)25)11-20(31-22(29)18-4-3-9-28-18)16-7-8-19(32-23(26)27)21(10-16)30-12-15-5-6-15/h7-8,10,15,18,20,23,28H,1,3-6,9,11-12H2,2H3/b17-14+/t18-,20-/m0/s1. The molecule has 0 radical (unpaired) electrons. The Morgan fingerprint density at radius 2 is 2.00 bits per heavy atom. The third-order valence-corrected chi connectivity index (χ3v) is 5.92. The molecule has 0 bridgehead atoms. The summed E-state index contributed by atoms with van der Waals surface area (Å²) in [6, 6.07) is 4.14. The highest BCUT2D eigenvalue weighted by Crippen LogP contribution is 2.39. The van der Waals surface area contributed by atoms with Crippen LogP contribution in [0, 0.1) is 5.92 Å². The topological polar surface area (TPSA) is 56.8 Å². The highest BCUT2D eigenvalue weighted by molar-refractivity contribution is 6.35. The molecule has 1 aromatic rings. The number of alkyl halides is 2. The minimum atomic E-state index is -2.99. The summed E-state index contributed by atoms with van der Waals surface area (Å²) in [5.74, 6) is 0.117. The number of carbonyl (C=O) groups excluding carboxylic acids is 1. The van der Waals surface area contributed by atoms with Crippen LogP contribution in [-0.4, -0.2) is 31.8 Å². The molecule has 32 heavy (non-hydrogen) atoms. The fourth-order valence-electron chi connectivity index (χ4n) is 3.48. The lowest BCUT2D eigenvalue weighted by molar-refractivity contribution is -0.151. The summed E-state index contributed by atoms with van der Waals surface area (Å²) in [6.07, 6.45) is 3.05. The molecule has 176 valence electrons. The van der Waals surface area contributed by atoms with Gasteiger partial charge in [-0.15, -0.1) is 0 Å². The van der Waals surface area contributed by atoms with E-state index in [0.717, 1.165) is 25.8 Å². The second-order valence-corrected chi connectivity index (χ2v) is 9.06. The Bertz CT molecular complexity index is 864. The number of esters is 1. The van der Waals surface area contributed by atoms with Crippen LogP contribution >= 0.6 is 23.2 Å². The maximum Gasteiger partial charge on any atom is 0.387 e. The molecule has 2 atom stereocenters. The molecule has 1 saturated heterocycles. The van der Waals surface area contributed by atoms with Gasteiger partial charge in [-0.1, -0.05) is 35.8 Å². The summed E-state index contributed by atoms with van der Waals surface area (Å²) < 4.78 is 41.9. The van der Waals surface area contributed by atoms with Gasteiger partial charge in [-0.3, -0.25) is 4.79 Å². The van der Waals surface area contributed by atoms with Gasteiger partial charge in [0.15, 0.2) is 11.5 Å². The number of carbonyl (C=O) groups is 1. The first kappa shape index (κ1) is 24.8. The van der Waals surface area contributed by atoms with Gasteiger partial charge in [-0.2, -0.15) is 8.78 Å². The third-order valence-electron chi connectivity index (χ3n) is 5.46. The highest BCUT2D eigenvalue weighted by Gasteiger charge is 2.29. The van der Waals surface area contributed by atoms with Crippen molar-refractivity contribution in [2.75, 3.05) is 13.2 Å². The summed E-state index contributed by atoms with van der Waals surface area (Å²) in [4.78, 5) is 12.7. The predicted octanol–water partition coefficient (Wildman–Crippen LogP) is 6.07. The number of hydrogen-bond acceptors (Lipinski definition) is 5. The molecule has 9 heteroatoms. The van der Waals surface area contributed by atoms with Crippen molar-refractivity contribution in [3.8, 4) is 11.5 Å². The van der Waals surface area contributed by atoms with Crippen LogP contribution in [0.25, 0.3) is 0 Å². The van der Waals surface area contributed by atoms with E-state index < -0.39 is 24.7 Å². The van der Waals surface area contributed by atoms with E-state index in [0.29, 0.717) is 35.1 Å². The van der Waals surface area contributed by atoms with Crippen molar-refractivity contribution >= 4 is 29.2 Å². The van der Waals surface area contributed by atoms with Gasteiger partial charge in [-0.05, 0) is 68.3 Å². The van der Waals surface area contributed by atoms with Crippen molar-refractivity contribution in [1.29, 1.82) is 0 Å². The van der Waals surface area contributed by atoms with Gasteiger partial charge < -0.3 is 19.5 Å². The molecule has 2 fully saturated rings. The Kier molecular flexibility index (Phi) is 8.79. The fourth-order valence-corrected chi connectivity index (χ4v) is 3.94. The molecule has 0 unspecified atom stereocenters. The van der Waals surface area contributed by atoms with Gasteiger partial charge >= 0.3 is 12.6 Å². The van der Waals surface area contributed by atoms with E-state index in [9.17, 15) is 13.6 Å². The normalized spacial score (nSPS) is 20.0. The van der Waals surface area contributed by atoms with Gasteiger partial charge in [0.25, 0.3) is 0 Å². The molecule has 1 aromatic carbocycles. The van der Waals surface area contributed by atoms with Gasteiger partial charge in [0.2, 0.25) is 0 Å². The van der Waals surface area contributed by atoms with E-state index in [1.54, 1.807) is 19.1 Å². The van der Waals surface area contributed by atoms with Crippen molar-refractivity contribution in [2.24, 2.45) is 5.92 Å². The zero-order chi connectivity index (χ0) is 23.3. The van der Waals surface area contributed by atoms with Crippen LogP contribution in [0.5, 0.6) is 11.5 Å². The Labute approximate surface area is 196 Å². The lowest BCUT2D eigenvalue weighted by atomic mass is 10.00. The smallest absolute Gasteiger partial charge is 0.387 e. The molecule has 1 N–H and O–H groups in total. The first-order chi connectivity index (χ1) is 15.2. The van der Waals surface area contributed by atoms with Gasteiger partial charge in [0.05, 0.1) is 6.61 Å². The van der Waals surface area contributed by atoms with Crippen molar-refractivity contribution in [1.82, 2.24) is 5.32 Å². The average Bonchev–Trinajstić information content (AvgIpc) is 3.39.